The summed E-state index contributed by atoms with van der Waals surface area (Å²) in [4.78, 5) is 36.6. The second-order valence-electron chi connectivity index (χ2n) is 3.77. The standard InChI is InChI=1S/C13H14N2O5.C2H6/c1-20-13(19)7-5-11(16)15-10-4-2-9(8-14-10)3-6-12(17)18;1-2/h2-4,6,8H,5,7H2,1H3,(H,17,18)(H,14,15,16);1-2H3/b6-3+;. The number of hydrogen-bond donors (Lipinski definition) is 2. The van der Waals surface area contributed by atoms with Crippen molar-refractivity contribution >= 4 is 29.7 Å². The van der Waals surface area contributed by atoms with Crippen LogP contribution in [0.15, 0.2) is 24.4 Å². The van der Waals surface area contributed by atoms with Crippen LogP contribution in [0, 0.1) is 0 Å². The van der Waals surface area contributed by atoms with Crippen LogP contribution < -0.4 is 5.32 Å². The molecule has 1 aromatic rings. The number of nitrogens with zero attached hydrogens (tertiary/aromatic N) is 1. The van der Waals surface area contributed by atoms with Crippen molar-refractivity contribution in [2.24, 2.45) is 0 Å². The number of pyridine rings is 1. The van der Waals surface area contributed by atoms with Gasteiger partial charge in [-0.1, -0.05) is 13.8 Å². The molecule has 0 unspecified atom stereocenters. The van der Waals surface area contributed by atoms with Crippen molar-refractivity contribution in [3.8, 4) is 0 Å². The summed E-state index contributed by atoms with van der Waals surface area (Å²) in [7, 11) is 1.26. The Morgan fingerprint density at radius 2 is 1.95 bits per heavy atom. The summed E-state index contributed by atoms with van der Waals surface area (Å²) in [6.45, 7) is 4.00. The van der Waals surface area contributed by atoms with Gasteiger partial charge in [0.15, 0.2) is 0 Å². The predicted octanol–water partition coefficient (Wildman–Crippen LogP) is 2.10. The smallest absolute Gasteiger partial charge is 0.328 e. The van der Waals surface area contributed by atoms with E-state index in [9.17, 15) is 14.4 Å². The van der Waals surface area contributed by atoms with E-state index in [0.29, 0.717) is 11.4 Å². The molecule has 0 saturated carbocycles. The number of ether oxygens (including phenoxy) is 1. The van der Waals surface area contributed by atoms with Gasteiger partial charge in [0.1, 0.15) is 5.82 Å². The lowest BCUT2D eigenvalue weighted by Crippen LogP contribution is -2.14. The van der Waals surface area contributed by atoms with Gasteiger partial charge in [-0.15, -0.1) is 0 Å². The predicted molar refractivity (Wildman–Crippen MR) is 82.1 cm³/mol. The largest absolute Gasteiger partial charge is 0.478 e. The Labute approximate surface area is 129 Å². The van der Waals surface area contributed by atoms with Crippen molar-refractivity contribution in [3.63, 3.8) is 0 Å². The number of methoxy groups -OCH3 is 1. The zero-order valence-corrected chi connectivity index (χ0v) is 12.8. The average Bonchev–Trinajstić information content (AvgIpc) is 2.53. The van der Waals surface area contributed by atoms with Crippen molar-refractivity contribution in [3.05, 3.63) is 30.0 Å². The molecule has 1 heterocycles. The molecule has 1 amide bonds. The highest BCUT2D eigenvalue weighted by Crippen LogP contribution is 2.07. The molecular weight excluding hydrogens is 288 g/mol. The first kappa shape index (κ1) is 19.3. The van der Waals surface area contributed by atoms with Gasteiger partial charge < -0.3 is 15.2 Å². The van der Waals surface area contributed by atoms with Crippen LogP contribution in [0.4, 0.5) is 5.82 Å². The van der Waals surface area contributed by atoms with Gasteiger partial charge in [0.05, 0.1) is 13.5 Å². The Morgan fingerprint density at radius 1 is 1.27 bits per heavy atom. The molecule has 22 heavy (non-hydrogen) atoms. The maximum atomic E-state index is 11.5. The second-order valence-corrected chi connectivity index (χ2v) is 3.77. The summed E-state index contributed by atoms with van der Waals surface area (Å²) in [6, 6.07) is 3.15. The summed E-state index contributed by atoms with van der Waals surface area (Å²) >= 11 is 0. The highest BCUT2D eigenvalue weighted by molar-refractivity contribution is 5.91. The summed E-state index contributed by atoms with van der Waals surface area (Å²) in [6.07, 6.45) is 3.82. The third kappa shape index (κ3) is 8.47. The van der Waals surface area contributed by atoms with Crippen LogP contribution in [0.25, 0.3) is 6.08 Å². The van der Waals surface area contributed by atoms with Crippen LogP contribution in [0.5, 0.6) is 0 Å². The molecule has 0 spiro atoms. The van der Waals surface area contributed by atoms with Crippen LogP contribution in [0.3, 0.4) is 0 Å². The third-order valence-corrected chi connectivity index (χ3v) is 2.26. The quantitative estimate of drug-likeness (QED) is 0.616. The highest BCUT2D eigenvalue weighted by atomic mass is 16.5. The molecule has 0 fully saturated rings. The van der Waals surface area contributed by atoms with Crippen molar-refractivity contribution in [2.45, 2.75) is 26.7 Å². The van der Waals surface area contributed by atoms with Gasteiger partial charge in [-0.2, -0.15) is 0 Å². The molecule has 0 aliphatic heterocycles. The lowest BCUT2D eigenvalue weighted by Gasteiger charge is -2.04. The van der Waals surface area contributed by atoms with Gasteiger partial charge in [0.2, 0.25) is 5.91 Å². The van der Waals surface area contributed by atoms with Crippen molar-refractivity contribution in [2.75, 3.05) is 12.4 Å². The second kappa shape index (κ2) is 11.0. The van der Waals surface area contributed by atoms with Gasteiger partial charge in [-0.05, 0) is 23.8 Å². The molecular formula is C15H20N2O5. The number of carbonyl (C=O) groups is 3. The number of amides is 1. The lowest BCUT2D eigenvalue weighted by molar-refractivity contribution is -0.141. The van der Waals surface area contributed by atoms with Crippen LogP contribution in [-0.4, -0.2) is 35.0 Å². The monoisotopic (exact) mass is 308 g/mol. The first-order chi connectivity index (χ1) is 10.5. The van der Waals surface area contributed by atoms with Gasteiger partial charge in [-0.25, -0.2) is 9.78 Å². The molecule has 0 radical (unpaired) electrons. The molecule has 7 heteroatoms. The minimum Gasteiger partial charge on any atom is -0.478 e. The molecule has 0 atom stereocenters. The fraction of sp³-hybridized carbons (Fsp3) is 0.333. The van der Waals surface area contributed by atoms with E-state index in [1.54, 1.807) is 6.07 Å². The van der Waals surface area contributed by atoms with E-state index in [1.165, 1.54) is 25.4 Å². The summed E-state index contributed by atoms with van der Waals surface area (Å²) in [5.41, 5.74) is 0.597. The normalized spacial score (nSPS) is 9.59. The highest BCUT2D eigenvalue weighted by Gasteiger charge is 2.07. The maximum Gasteiger partial charge on any atom is 0.328 e. The van der Waals surface area contributed by atoms with E-state index >= 15 is 0 Å². The van der Waals surface area contributed by atoms with E-state index < -0.39 is 11.9 Å². The minimum atomic E-state index is -1.05. The van der Waals surface area contributed by atoms with Crippen molar-refractivity contribution < 1.29 is 24.2 Å². The number of aliphatic carboxylic acids is 1. The number of rotatable bonds is 6. The Hall–Kier alpha value is -2.70. The third-order valence-electron chi connectivity index (χ3n) is 2.26. The van der Waals surface area contributed by atoms with E-state index in [2.05, 4.69) is 15.0 Å². The SMILES string of the molecule is CC.COC(=O)CCC(=O)Nc1ccc(/C=C/C(=O)O)cn1. The zero-order valence-electron chi connectivity index (χ0n) is 12.8. The first-order valence-electron chi connectivity index (χ1n) is 6.75. The number of hydrogen-bond acceptors (Lipinski definition) is 5. The summed E-state index contributed by atoms with van der Waals surface area (Å²) in [5, 5.41) is 11.0. The lowest BCUT2D eigenvalue weighted by atomic mass is 10.2. The van der Waals surface area contributed by atoms with Crippen LogP contribution >= 0.6 is 0 Å². The number of esters is 1. The molecule has 0 aromatic carbocycles. The Kier molecular flexibility index (Phi) is 9.66. The molecule has 7 nitrogen and oxygen atoms in total. The molecule has 1 rings (SSSR count). The summed E-state index contributed by atoms with van der Waals surface area (Å²) in [5.74, 6) is -1.53. The number of carboxylic acid groups (broad SMARTS) is 1. The molecule has 2 N–H and O–H groups in total. The van der Waals surface area contributed by atoms with Crippen molar-refractivity contribution in [1.29, 1.82) is 0 Å². The Bertz CT molecular complexity index is 523. The van der Waals surface area contributed by atoms with Gasteiger partial charge in [0.25, 0.3) is 0 Å². The summed E-state index contributed by atoms with van der Waals surface area (Å²) < 4.78 is 4.42. The minimum absolute atomic E-state index is 0.00175. The van der Waals surface area contributed by atoms with E-state index in [0.717, 1.165) is 6.08 Å². The fourth-order valence-corrected chi connectivity index (χ4v) is 1.27. The topological polar surface area (TPSA) is 106 Å². The number of aromatic nitrogens is 1. The van der Waals surface area contributed by atoms with Crippen LogP contribution in [0.2, 0.25) is 0 Å². The van der Waals surface area contributed by atoms with Gasteiger partial charge >= 0.3 is 11.9 Å². The Morgan fingerprint density at radius 3 is 2.45 bits per heavy atom. The van der Waals surface area contributed by atoms with Crippen molar-refractivity contribution in [1.82, 2.24) is 4.98 Å². The first-order valence-corrected chi connectivity index (χ1v) is 6.75. The average molecular weight is 308 g/mol. The number of nitrogens with one attached hydrogen (secondary N) is 1. The number of anilines is 1. The molecule has 0 bridgehead atoms. The van der Waals surface area contributed by atoms with Gasteiger partial charge in [0, 0.05) is 18.7 Å². The number of carboxylic acids is 1. The van der Waals surface area contributed by atoms with Gasteiger partial charge in [-0.3, -0.25) is 9.59 Å². The van der Waals surface area contributed by atoms with E-state index in [-0.39, 0.29) is 18.7 Å². The maximum absolute atomic E-state index is 11.5. The van der Waals surface area contributed by atoms with Crippen LogP contribution in [-0.2, 0) is 19.1 Å². The van der Waals surface area contributed by atoms with E-state index in [1.807, 2.05) is 13.8 Å². The fourth-order valence-electron chi connectivity index (χ4n) is 1.27. The molecule has 0 saturated heterocycles. The Balaban J connectivity index is 0.00000211. The zero-order chi connectivity index (χ0) is 17.0. The molecule has 1 aromatic heterocycles. The molecule has 0 aliphatic carbocycles. The molecule has 120 valence electrons. The number of carbonyl (C=O) groups excluding carboxylic acids is 2. The van der Waals surface area contributed by atoms with Crippen LogP contribution in [0.1, 0.15) is 32.3 Å². The molecule has 0 aliphatic rings. The van der Waals surface area contributed by atoms with E-state index in [4.69, 9.17) is 5.11 Å².